The Labute approximate surface area is 119 Å². The van der Waals surface area contributed by atoms with E-state index in [1.807, 2.05) is 18.2 Å². The van der Waals surface area contributed by atoms with Crippen LogP contribution in [0.2, 0.25) is 5.02 Å². The third-order valence-corrected chi connectivity index (χ3v) is 3.83. The van der Waals surface area contributed by atoms with Gasteiger partial charge in [-0.3, -0.25) is 0 Å². The third-order valence-electron chi connectivity index (χ3n) is 3.45. The van der Waals surface area contributed by atoms with Crippen molar-refractivity contribution >= 4 is 28.8 Å². The normalized spacial score (nSPS) is 16.8. The average molecular weight is 283 g/mol. The van der Waals surface area contributed by atoms with Gasteiger partial charge in [0.1, 0.15) is 0 Å². The molecule has 1 aromatic carbocycles. The molecule has 0 aromatic heterocycles. The van der Waals surface area contributed by atoms with Crippen LogP contribution < -0.4 is 5.73 Å². The van der Waals surface area contributed by atoms with E-state index in [1.54, 1.807) is 0 Å². The van der Waals surface area contributed by atoms with Gasteiger partial charge in [0.2, 0.25) is 0 Å². The summed E-state index contributed by atoms with van der Waals surface area (Å²) in [5.41, 5.74) is 7.25. The van der Waals surface area contributed by atoms with E-state index in [-0.39, 0.29) is 0 Å². The molecule has 2 nitrogen and oxygen atoms in total. The number of rotatable bonds is 6. The Morgan fingerprint density at radius 3 is 2.78 bits per heavy atom. The fourth-order valence-electron chi connectivity index (χ4n) is 2.51. The standard InChI is InChI=1S/C14H19ClN2S/c1-17(9-11-3-2-4-12(15)7-11)10-14(5-6-14)8-13(16)18/h2-4,7H,5-6,8-10H2,1H3,(H2,16,18). The van der Waals surface area contributed by atoms with E-state index in [2.05, 4.69) is 18.0 Å². The Morgan fingerprint density at radius 1 is 1.50 bits per heavy atom. The largest absolute Gasteiger partial charge is 0.393 e. The monoisotopic (exact) mass is 282 g/mol. The van der Waals surface area contributed by atoms with Crippen LogP contribution in [0.3, 0.4) is 0 Å². The lowest BCUT2D eigenvalue weighted by atomic mass is 10.0. The molecule has 0 aliphatic heterocycles. The highest BCUT2D eigenvalue weighted by molar-refractivity contribution is 7.80. The number of nitrogens with zero attached hydrogens (tertiary/aromatic N) is 1. The molecule has 0 unspecified atom stereocenters. The summed E-state index contributed by atoms with van der Waals surface area (Å²) in [4.78, 5) is 2.97. The van der Waals surface area contributed by atoms with E-state index in [4.69, 9.17) is 29.6 Å². The van der Waals surface area contributed by atoms with Crippen molar-refractivity contribution in [3.63, 3.8) is 0 Å². The number of hydrogen-bond donors (Lipinski definition) is 1. The average Bonchev–Trinajstić information content (AvgIpc) is 2.95. The van der Waals surface area contributed by atoms with Crippen molar-refractivity contribution in [2.45, 2.75) is 25.8 Å². The number of hydrogen-bond acceptors (Lipinski definition) is 2. The van der Waals surface area contributed by atoms with Crippen LogP contribution in [-0.2, 0) is 6.54 Å². The third kappa shape index (κ3) is 3.94. The van der Waals surface area contributed by atoms with Crippen molar-refractivity contribution in [1.82, 2.24) is 4.90 Å². The summed E-state index contributed by atoms with van der Waals surface area (Å²) in [6.45, 7) is 1.97. The van der Waals surface area contributed by atoms with Crippen LogP contribution in [0.5, 0.6) is 0 Å². The second-order valence-corrected chi connectivity index (χ2v) is 6.41. The maximum Gasteiger partial charge on any atom is 0.0733 e. The van der Waals surface area contributed by atoms with Gasteiger partial charge < -0.3 is 10.6 Å². The Hall–Kier alpha value is -0.640. The van der Waals surface area contributed by atoms with Crippen LogP contribution in [0, 0.1) is 5.41 Å². The molecule has 1 aliphatic rings. The minimum Gasteiger partial charge on any atom is -0.393 e. The van der Waals surface area contributed by atoms with Gasteiger partial charge in [0.15, 0.2) is 0 Å². The lowest BCUT2D eigenvalue weighted by Crippen LogP contribution is -2.29. The predicted molar refractivity (Wildman–Crippen MR) is 80.9 cm³/mol. The van der Waals surface area contributed by atoms with E-state index < -0.39 is 0 Å². The molecule has 18 heavy (non-hydrogen) atoms. The minimum atomic E-state index is 0.346. The maximum atomic E-state index is 5.99. The van der Waals surface area contributed by atoms with Crippen molar-refractivity contribution in [2.75, 3.05) is 13.6 Å². The fourth-order valence-corrected chi connectivity index (χ4v) is 3.03. The molecule has 98 valence electrons. The summed E-state index contributed by atoms with van der Waals surface area (Å²) in [6.07, 6.45) is 3.36. The molecule has 0 spiro atoms. The fraction of sp³-hybridized carbons (Fsp3) is 0.500. The van der Waals surface area contributed by atoms with Crippen molar-refractivity contribution < 1.29 is 0 Å². The summed E-state index contributed by atoms with van der Waals surface area (Å²) in [7, 11) is 2.14. The number of thiocarbonyl (C=S) groups is 1. The molecule has 0 radical (unpaired) electrons. The molecular weight excluding hydrogens is 264 g/mol. The summed E-state index contributed by atoms with van der Waals surface area (Å²) >= 11 is 11.0. The smallest absolute Gasteiger partial charge is 0.0733 e. The lowest BCUT2D eigenvalue weighted by Gasteiger charge is -2.23. The van der Waals surface area contributed by atoms with Crippen LogP contribution in [0.4, 0.5) is 0 Å². The topological polar surface area (TPSA) is 29.3 Å². The first-order chi connectivity index (χ1) is 8.49. The SMILES string of the molecule is CN(Cc1cccc(Cl)c1)CC1(CC(N)=S)CC1. The Bertz CT molecular complexity index is 443. The highest BCUT2D eigenvalue weighted by Gasteiger charge is 2.43. The molecule has 2 rings (SSSR count). The molecule has 1 aliphatic carbocycles. The first-order valence-corrected chi connectivity index (χ1v) is 6.99. The molecular formula is C14H19ClN2S. The van der Waals surface area contributed by atoms with Gasteiger partial charge in [0.05, 0.1) is 4.99 Å². The molecule has 1 fully saturated rings. The van der Waals surface area contributed by atoms with E-state index in [9.17, 15) is 0 Å². The van der Waals surface area contributed by atoms with Gasteiger partial charge in [0.25, 0.3) is 0 Å². The van der Waals surface area contributed by atoms with Crippen molar-refractivity contribution in [3.8, 4) is 0 Å². The summed E-state index contributed by atoms with van der Waals surface area (Å²) in [5, 5.41) is 0.796. The van der Waals surface area contributed by atoms with Crippen LogP contribution in [0.15, 0.2) is 24.3 Å². The highest BCUT2D eigenvalue weighted by Crippen LogP contribution is 2.49. The van der Waals surface area contributed by atoms with Crippen LogP contribution in [0.25, 0.3) is 0 Å². The lowest BCUT2D eigenvalue weighted by molar-refractivity contribution is 0.260. The van der Waals surface area contributed by atoms with Gasteiger partial charge in [-0.25, -0.2) is 0 Å². The zero-order valence-electron chi connectivity index (χ0n) is 10.7. The Balaban J connectivity index is 1.89. The second kappa shape index (κ2) is 5.55. The highest BCUT2D eigenvalue weighted by atomic mass is 35.5. The van der Waals surface area contributed by atoms with Crippen molar-refractivity contribution in [1.29, 1.82) is 0 Å². The predicted octanol–water partition coefficient (Wildman–Crippen LogP) is 3.23. The maximum absolute atomic E-state index is 5.99. The first kappa shape index (κ1) is 13.8. The zero-order valence-corrected chi connectivity index (χ0v) is 12.2. The van der Waals surface area contributed by atoms with Gasteiger partial charge in [-0.1, -0.05) is 36.0 Å². The Morgan fingerprint density at radius 2 is 2.22 bits per heavy atom. The quantitative estimate of drug-likeness (QED) is 0.813. The van der Waals surface area contributed by atoms with Crippen LogP contribution >= 0.6 is 23.8 Å². The van der Waals surface area contributed by atoms with Gasteiger partial charge in [-0.2, -0.15) is 0 Å². The zero-order chi connectivity index (χ0) is 13.2. The molecule has 0 amide bonds. The summed E-state index contributed by atoms with van der Waals surface area (Å²) in [5.74, 6) is 0. The molecule has 4 heteroatoms. The van der Waals surface area contributed by atoms with E-state index in [0.29, 0.717) is 10.4 Å². The van der Waals surface area contributed by atoms with Crippen LogP contribution in [0.1, 0.15) is 24.8 Å². The summed E-state index contributed by atoms with van der Waals surface area (Å²) in [6, 6.07) is 8.02. The van der Waals surface area contributed by atoms with Gasteiger partial charge in [-0.15, -0.1) is 0 Å². The number of nitrogens with two attached hydrogens (primary N) is 1. The van der Waals surface area contributed by atoms with Gasteiger partial charge in [-0.05, 0) is 43.0 Å². The van der Waals surface area contributed by atoms with E-state index >= 15 is 0 Å². The molecule has 1 saturated carbocycles. The van der Waals surface area contributed by atoms with E-state index in [0.717, 1.165) is 24.5 Å². The van der Waals surface area contributed by atoms with Gasteiger partial charge in [0, 0.05) is 24.5 Å². The molecule has 0 saturated heterocycles. The summed E-state index contributed by atoms with van der Waals surface area (Å²) < 4.78 is 0. The van der Waals surface area contributed by atoms with Crippen LogP contribution in [-0.4, -0.2) is 23.5 Å². The minimum absolute atomic E-state index is 0.346. The van der Waals surface area contributed by atoms with Gasteiger partial charge >= 0.3 is 0 Å². The molecule has 1 aromatic rings. The number of halogens is 1. The molecule has 0 atom stereocenters. The Kier molecular flexibility index (Phi) is 4.25. The first-order valence-electron chi connectivity index (χ1n) is 6.20. The number of benzene rings is 1. The van der Waals surface area contributed by atoms with Crippen molar-refractivity contribution in [2.24, 2.45) is 11.1 Å². The molecule has 0 bridgehead atoms. The molecule has 2 N–H and O–H groups in total. The van der Waals surface area contributed by atoms with Crippen molar-refractivity contribution in [3.05, 3.63) is 34.9 Å². The second-order valence-electron chi connectivity index (χ2n) is 5.45. The molecule has 0 heterocycles. The van der Waals surface area contributed by atoms with E-state index in [1.165, 1.54) is 18.4 Å².